The van der Waals surface area contributed by atoms with Gasteiger partial charge in [0.15, 0.2) is 0 Å². The fraction of sp³-hybridized carbons (Fsp3) is 0.300. The molecule has 0 heterocycles. The predicted molar refractivity (Wildman–Crippen MR) is 66.7 cm³/mol. The van der Waals surface area contributed by atoms with Crippen LogP contribution in [0.2, 0.25) is 5.02 Å². The van der Waals surface area contributed by atoms with Gasteiger partial charge in [0.2, 0.25) is 0 Å². The maximum atomic E-state index is 11.8. The number of hydrogen-bond acceptors (Lipinski definition) is 3. The number of nitrogen functional groups attached to an aromatic ring is 1. The topological polar surface area (TPSA) is 55.1 Å². The number of nitrogens with one attached hydrogen (secondary N) is 1. The van der Waals surface area contributed by atoms with Crippen molar-refractivity contribution < 1.29 is 18.0 Å². The smallest absolute Gasteiger partial charge is 0.399 e. The highest BCUT2D eigenvalue weighted by Crippen LogP contribution is 2.29. The number of anilines is 1. The Hall–Kier alpha value is -1.08. The average molecular weight is 299 g/mol. The number of rotatable bonds is 4. The molecule has 0 atom stereocenters. The van der Waals surface area contributed by atoms with E-state index in [1.54, 1.807) is 0 Å². The number of benzene rings is 1. The fourth-order valence-electron chi connectivity index (χ4n) is 1.18. The second-order valence-electron chi connectivity index (χ2n) is 3.32. The summed E-state index contributed by atoms with van der Waals surface area (Å²) in [6.45, 7) is -0.0879. The Morgan fingerprint density at radius 1 is 1.39 bits per heavy atom. The van der Waals surface area contributed by atoms with Gasteiger partial charge in [-0.3, -0.25) is 4.79 Å². The highest BCUT2D eigenvalue weighted by Gasteiger charge is 2.27. The Balaban J connectivity index is 2.46. The maximum absolute atomic E-state index is 11.8. The van der Waals surface area contributed by atoms with E-state index in [9.17, 15) is 18.0 Å². The van der Waals surface area contributed by atoms with Gasteiger partial charge in [0, 0.05) is 28.6 Å². The first-order chi connectivity index (χ1) is 8.28. The normalized spacial score (nSPS) is 11.3. The molecule has 0 saturated heterocycles. The molecule has 0 bridgehead atoms. The minimum atomic E-state index is -4.29. The summed E-state index contributed by atoms with van der Waals surface area (Å²) in [4.78, 5) is 11.6. The highest BCUT2D eigenvalue weighted by molar-refractivity contribution is 8.00. The second kappa shape index (κ2) is 6.19. The number of alkyl halides is 3. The van der Waals surface area contributed by atoms with Crippen molar-refractivity contribution >= 4 is 35.0 Å². The molecular weight excluding hydrogens is 289 g/mol. The minimum Gasteiger partial charge on any atom is -0.399 e. The Labute approximate surface area is 111 Å². The summed E-state index contributed by atoms with van der Waals surface area (Å²) in [6, 6.07) is 4.26. The molecule has 100 valence electrons. The van der Waals surface area contributed by atoms with Crippen molar-refractivity contribution in [1.82, 2.24) is 5.32 Å². The van der Waals surface area contributed by atoms with Crippen LogP contribution in [0.1, 0.15) is 10.4 Å². The molecule has 1 amide bonds. The summed E-state index contributed by atoms with van der Waals surface area (Å²) in [5.41, 5.74) is 1.74. The van der Waals surface area contributed by atoms with Gasteiger partial charge in [-0.05, 0) is 30.0 Å². The van der Waals surface area contributed by atoms with E-state index in [2.05, 4.69) is 5.32 Å². The molecular formula is C10H10ClF3N2OS. The van der Waals surface area contributed by atoms with Gasteiger partial charge in [-0.2, -0.15) is 13.2 Å². The van der Waals surface area contributed by atoms with Crippen LogP contribution in [-0.2, 0) is 0 Å². The first-order valence-electron chi connectivity index (χ1n) is 4.83. The number of nitrogens with two attached hydrogens (primary N) is 1. The van der Waals surface area contributed by atoms with Crippen molar-refractivity contribution in [2.24, 2.45) is 0 Å². The van der Waals surface area contributed by atoms with Crippen LogP contribution in [0.15, 0.2) is 18.2 Å². The molecule has 3 N–H and O–H groups in total. The first-order valence-corrected chi connectivity index (χ1v) is 6.19. The van der Waals surface area contributed by atoms with Crippen molar-refractivity contribution in [2.45, 2.75) is 5.51 Å². The molecule has 18 heavy (non-hydrogen) atoms. The van der Waals surface area contributed by atoms with E-state index >= 15 is 0 Å². The van der Waals surface area contributed by atoms with Gasteiger partial charge in [-0.15, -0.1) is 0 Å². The molecule has 0 aliphatic carbocycles. The lowest BCUT2D eigenvalue weighted by Gasteiger charge is -2.07. The summed E-state index contributed by atoms with van der Waals surface area (Å²) in [5.74, 6) is -0.752. The van der Waals surface area contributed by atoms with Crippen molar-refractivity contribution in [3.05, 3.63) is 28.8 Å². The monoisotopic (exact) mass is 298 g/mol. The molecule has 0 radical (unpaired) electrons. The molecule has 0 aliphatic rings. The SMILES string of the molecule is Nc1cc(Cl)cc(C(=O)NCCSC(F)(F)F)c1. The number of halogens is 4. The molecule has 0 aliphatic heterocycles. The number of amides is 1. The summed E-state index contributed by atoms with van der Waals surface area (Å²) < 4.78 is 35.5. The zero-order valence-electron chi connectivity index (χ0n) is 9.05. The zero-order chi connectivity index (χ0) is 13.8. The van der Waals surface area contributed by atoms with Gasteiger partial charge in [-0.1, -0.05) is 11.6 Å². The van der Waals surface area contributed by atoms with Crippen LogP contribution < -0.4 is 11.1 Å². The van der Waals surface area contributed by atoms with Crippen LogP contribution in [0.25, 0.3) is 0 Å². The van der Waals surface area contributed by atoms with Crippen molar-refractivity contribution in [2.75, 3.05) is 18.0 Å². The van der Waals surface area contributed by atoms with E-state index in [1.807, 2.05) is 0 Å². The van der Waals surface area contributed by atoms with E-state index in [0.717, 1.165) is 0 Å². The van der Waals surface area contributed by atoms with E-state index in [4.69, 9.17) is 17.3 Å². The quantitative estimate of drug-likeness (QED) is 0.664. The number of thioether (sulfide) groups is 1. The van der Waals surface area contributed by atoms with Crippen LogP contribution in [0, 0.1) is 0 Å². The van der Waals surface area contributed by atoms with Crippen molar-refractivity contribution in [1.29, 1.82) is 0 Å². The van der Waals surface area contributed by atoms with Gasteiger partial charge >= 0.3 is 5.51 Å². The van der Waals surface area contributed by atoms with E-state index in [1.165, 1.54) is 18.2 Å². The minimum absolute atomic E-state index is 0.0879. The number of hydrogen-bond donors (Lipinski definition) is 2. The van der Waals surface area contributed by atoms with Crippen molar-refractivity contribution in [3.63, 3.8) is 0 Å². The molecule has 1 aromatic carbocycles. The van der Waals surface area contributed by atoms with E-state index < -0.39 is 11.4 Å². The van der Waals surface area contributed by atoms with Gasteiger partial charge in [0.25, 0.3) is 5.91 Å². The van der Waals surface area contributed by atoms with Gasteiger partial charge in [-0.25, -0.2) is 0 Å². The van der Waals surface area contributed by atoms with E-state index in [0.29, 0.717) is 10.7 Å². The Bertz CT molecular complexity index is 419. The van der Waals surface area contributed by atoms with Crippen LogP contribution in [0.5, 0.6) is 0 Å². The Morgan fingerprint density at radius 2 is 2.06 bits per heavy atom. The van der Waals surface area contributed by atoms with Gasteiger partial charge < -0.3 is 11.1 Å². The molecule has 0 unspecified atom stereocenters. The Morgan fingerprint density at radius 3 is 2.61 bits per heavy atom. The largest absolute Gasteiger partial charge is 0.441 e. The number of carbonyl (C=O) groups is 1. The molecule has 3 nitrogen and oxygen atoms in total. The van der Waals surface area contributed by atoms with Gasteiger partial charge in [0.05, 0.1) is 0 Å². The fourth-order valence-corrected chi connectivity index (χ4v) is 1.86. The van der Waals surface area contributed by atoms with Crippen LogP contribution in [0.3, 0.4) is 0 Å². The average Bonchev–Trinajstić information content (AvgIpc) is 2.21. The highest BCUT2D eigenvalue weighted by atomic mass is 35.5. The summed E-state index contributed by atoms with van der Waals surface area (Å²) in [5, 5.41) is 2.65. The summed E-state index contributed by atoms with van der Waals surface area (Å²) in [6.07, 6.45) is 0. The third kappa shape index (κ3) is 5.50. The maximum Gasteiger partial charge on any atom is 0.441 e. The van der Waals surface area contributed by atoms with Crippen LogP contribution in [0.4, 0.5) is 18.9 Å². The third-order valence-corrected chi connectivity index (χ3v) is 2.79. The number of carbonyl (C=O) groups excluding carboxylic acids is 1. The second-order valence-corrected chi connectivity index (χ2v) is 4.92. The van der Waals surface area contributed by atoms with E-state index in [-0.39, 0.29) is 29.6 Å². The summed E-state index contributed by atoms with van der Waals surface area (Å²) >= 11 is 5.51. The Kier molecular flexibility index (Phi) is 5.15. The lowest BCUT2D eigenvalue weighted by atomic mass is 10.2. The van der Waals surface area contributed by atoms with Crippen molar-refractivity contribution in [3.8, 4) is 0 Å². The van der Waals surface area contributed by atoms with Crippen LogP contribution in [-0.4, -0.2) is 23.7 Å². The molecule has 0 fully saturated rings. The zero-order valence-corrected chi connectivity index (χ0v) is 10.6. The van der Waals surface area contributed by atoms with Crippen LogP contribution >= 0.6 is 23.4 Å². The molecule has 1 rings (SSSR count). The van der Waals surface area contributed by atoms with Gasteiger partial charge in [0.1, 0.15) is 0 Å². The lowest BCUT2D eigenvalue weighted by Crippen LogP contribution is -2.26. The molecule has 0 aromatic heterocycles. The summed E-state index contributed by atoms with van der Waals surface area (Å²) in [7, 11) is 0. The lowest BCUT2D eigenvalue weighted by molar-refractivity contribution is -0.0327. The molecule has 0 spiro atoms. The molecule has 0 saturated carbocycles. The molecule has 1 aromatic rings. The first kappa shape index (κ1) is 15.0. The third-order valence-electron chi connectivity index (χ3n) is 1.84. The standard InChI is InChI=1S/C10H10ClF3N2OS/c11-7-3-6(4-8(15)5-7)9(17)16-1-2-18-10(12,13)14/h3-5H,1-2,15H2,(H,16,17). The molecule has 8 heteroatoms. The predicted octanol–water partition coefficient (Wildman–Crippen LogP) is 2.91.